The van der Waals surface area contributed by atoms with Crippen molar-refractivity contribution in [2.24, 2.45) is 0 Å². The third-order valence-electron chi connectivity index (χ3n) is 5.50. The number of hydrogen-bond donors (Lipinski definition) is 6. The number of hydrogen-bond acceptors (Lipinski definition) is 8. The molecule has 0 spiro atoms. The monoisotopic (exact) mass is 512 g/mol. The highest BCUT2D eigenvalue weighted by Gasteiger charge is 2.22. The summed E-state index contributed by atoms with van der Waals surface area (Å²) in [5.74, 6) is -1.99. The smallest absolute Gasteiger partial charge is 0.408 e. The maximum absolute atomic E-state index is 12.5. The normalized spacial score (nSPS) is 13.7. The van der Waals surface area contributed by atoms with Crippen molar-refractivity contribution in [1.29, 1.82) is 0 Å². The molecule has 2 amide bonds. The second-order valence-electron chi connectivity index (χ2n) is 8.34. The number of allylic oxidation sites excluding steroid dienone is 1. The Labute approximate surface area is 214 Å². The summed E-state index contributed by atoms with van der Waals surface area (Å²) < 4.78 is 10.7. The van der Waals surface area contributed by atoms with Gasteiger partial charge in [-0.2, -0.15) is 0 Å². The molecule has 0 aromatic heterocycles. The number of phenolic OH excluding ortho intramolecular Hbond substituents is 1. The fourth-order valence-electron chi connectivity index (χ4n) is 3.52. The third-order valence-corrected chi connectivity index (χ3v) is 5.50. The van der Waals surface area contributed by atoms with Gasteiger partial charge >= 0.3 is 12.1 Å². The number of phenols is 1. The Morgan fingerprint density at radius 3 is 2.65 bits per heavy atom. The first-order valence-corrected chi connectivity index (χ1v) is 12.0. The number of ether oxygens (including phenoxy) is 2. The molecule has 1 atom stereocenters. The van der Waals surface area contributed by atoms with Gasteiger partial charge in [-0.3, -0.25) is 4.79 Å². The van der Waals surface area contributed by atoms with E-state index in [-0.39, 0.29) is 17.9 Å². The van der Waals surface area contributed by atoms with Crippen LogP contribution in [0, 0.1) is 0 Å². The molecule has 11 heteroatoms. The highest BCUT2D eigenvalue weighted by Crippen LogP contribution is 2.23. The molecule has 0 aliphatic carbocycles. The number of rotatable bonds is 12. The number of carbonyl (C=O) groups excluding carboxylic acids is 2. The van der Waals surface area contributed by atoms with Crippen molar-refractivity contribution < 1.29 is 34.1 Å². The van der Waals surface area contributed by atoms with E-state index in [1.54, 1.807) is 24.3 Å². The van der Waals surface area contributed by atoms with Crippen LogP contribution in [0.2, 0.25) is 0 Å². The van der Waals surface area contributed by atoms with Crippen LogP contribution in [0.3, 0.4) is 0 Å². The summed E-state index contributed by atoms with van der Waals surface area (Å²) in [6.07, 6.45) is 4.27. The van der Waals surface area contributed by atoms with Gasteiger partial charge in [0.05, 0.1) is 5.56 Å². The third kappa shape index (κ3) is 9.28. The van der Waals surface area contributed by atoms with Crippen LogP contribution < -0.4 is 26.0 Å². The quantitative estimate of drug-likeness (QED) is 0.234. The van der Waals surface area contributed by atoms with E-state index in [1.807, 2.05) is 12.3 Å². The summed E-state index contributed by atoms with van der Waals surface area (Å²) in [4.78, 5) is 36.0. The minimum atomic E-state index is -1.43. The lowest BCUT2D eigenvalue weighted by Crippen LogP contribution is -2.48. The molecule has 0 saturated heterocycles. The number of nitrogens with one attached hydrogen (secondary N) is 4. The fourth-order valence-corrected chi connectivity index (χ4v) is 3.52. The van der Waals surface area contributed by atoms with Crippen molar-refractivity contribution in [3.63, 3.8) is 0 Å². The Morgan fingerprint density at radius 2 is 1.89 bits per heavy atom. The molecule has 1 aliphatic heterocycles. The fraction of sp³-hybridized carbons (Fsp3) is 0.346. The van der Waals surface area contributed by atoms with Gasteiger partial charge in [0.15, 0.2) is 0 Å². The summed E-state index contributed by atoms with van der Waals surface area (Å²) in [6.45, 7) is 1.46. The van der Waals surface area contributed by atoms with Gasteiger partial charge < -0.3 is 41.0 Å². The summed E-state index contributed by atoms with van der Waals surface area (Å²) in [7, 11) is 0. The molecule has 1 heterocycles. The summed E-state index contributed by atoms with van der Waals surface area (Å²) >= 11 is 0. The number of carbonyl (C=O) groups is 3. The molecule has 6 N–H and O–H groups in total. The van der Waals surface area contributed by atoms with Crippen molar-refractivity contribution in [2.45, 2.75) is 31.9 Å². The van der Waals surface area contributed by atoms with E-state index >= 15 is 0 Å². The van der Waals surface area contributed by atoms with E-state index in [0.717, 1.165) is 37.1 Å². The van der Waals surface area contributed by atoms with Crippen LogP contribution >= 0.6 is 0 Å². The van der Waals surface area contributed by atoms with Crippen molar-refractivity contribution in [1.82, 2.24) is 21.3 Å². The first-order valence-electron chi connectivity index (χ1n) is 12.0. The Morgan fingerprint density at radius 1 is 1.08 bits per heavy atom. The number of aromatic hydroxyl groups is 1. The molecule has 0 radical (unpaired) electrons. The molecule has 0 bridgehead atoms. The number of aliphatic carboxylic acids is 1. The van der Waals surface area contributed by atoms with Gasteiger partial charge in [0.25, 0.3) is 5.91 Å². The second kappa shape index (κ2) is 14.2. The first-order chi connectivity index (χ1) is 17.9. The lowest BCUT2D eigenvalue weighted by atomic mass is 10.1. The van der Waals surface area contributed by atoms with Gasteiger partial charge in [-0.25, -0.2) is 9.59 Å². The van der Waals surface area contributed by atoms with Crippen LogP contribution in [0.25, 0.3) is 0 Å². The minimum absolute atomic E-state index is 0.0290. The minimum Gasteiger partial charge on any atom is -0.507 e. The predicted octanol–water partition coefficient (Wildman–Crippen LogP) is 2.08. The Balaban J connectivity index is 1.43. The van der Waals surface area contributed by atoms with Gasteiger partial charge in [-0.1, -0.05) is 30.3 Å². The molecule has 0 saturated carbocycles. The van der Waals surface area contributed by atoms with Crippen LogP contribution in [0.1, 0.15) is 35.2 Å². The van der Waals surface area contributed by atoms with Crippen molar-refractivity contribution in [3.8, 4) is 11.5 Å². The number of carboxylic acids is 1. The second-order valence-corrected chi connectivity index (χ2v) is 8.34. The van der Waals surface area contributed by atoms with E-state index in [9.17, 15) is 24.6 Å². The van der Waals surface area contributed by atoms with Crippen LogP contribution in [-0.4, -0.2) is 60.5 Å². The number of amides is 2. The maximum atomic E-state index is 12.5. The molecule has 2 aromatic rings. The van der Waals surface area contributed by atoms with Gasteiger partial charge in [-0.05, 0) is 37.0 Å². The molecule has 11 nitrogen and oxygen atoms in total. The molecule has 2 aromatic carbocycles. The van der Waals surface area contributed by atoms with E-state index < -0.39 is 30.6 Å². The summed E-state index contributed by atoms with van der Waals surface area (Å²) in [5, 5.41) is 30.8. The van der Waals surface area contributed by atoms with Crippen LogP contribution in [-0.2, 0) is 16.1 Å². The van der Waals surface area contributed by atoms with Crippen LogP contribution in [0.5, 0.6) is 11.5 Å². The molecule has 37 heavy (non-hydrogen) atoms. The molecule has 0 fully saturated rings. The van der Waals surface area contributed by atoms with Gasteiger partial charge in [0.1, 0.15) is 30.8 Å². The van der Waals surface area contributed by atoms with Crippen LogP contribution in [0.4, 0.5) is 4.79 Å². The molecule has 1 aliphatic rings. The van der Waals surface area contributed by atoms with Crippen molar-refractivity contribution >= 4 is 18.0 Å². The standard InChI is InChI=1S/C26H32N4O7/c31-23-14-20(36-13-12-28-19-8-4-5-11-27-15-19)9-10-21(23)24(32)29-16-22(25(33)34)30-26(35)37-17-18-6-2-1-3-7-18/h1-3,6-7,9-10,14-15,22,27-28,31H,4-5,8,11-13,16-17H2,(H,29,32)(H,30,35)(H,33,34)/t22-/m0/s1. The number of carboxylic acid groups (broad SMARTS) is 1. The average molecular weight is 513 g/mol. The zero-order chi connectivity index (χ0) is 26.5. The Bertz CT molecular complexity index is 1090. The van der Waals surface area contributed by atoms with E-state index in [0.29, 0.717) is 18.9 Å². The zero-order valence-electron chi connectivity index (χ0n) is 20.4. The predicted molar refractivity (Wildman–Crippen MR) is 135 cm³/mol. The first kappa shape index (κ1) is 27.2. The highest BCUT2D eigenvalue weighted by molar-refractivity contribution is 5.97. The lowest BCUT2D eigenvalue weighted by molar-refractivity contribution is -0.139. The maximum Gasteiger partial charge on any atom is 0.408 e. The largest absolute Gasteiger partial charge is 0.507 e. The van der Waals surface area contributed by atoms with Crippen LogP contribution in [0.15, 0.2) is 60.4 Å². The average Bonchev–Trinajstić information content (AvgIpc) is 3.17. The summed E-state index contributed by atoms with van der Waals surface area (Å²) in [5.41, 5.74) is 1.80. The van der Waals surface area contributed by atoms with Gasteiger partial charge in [-0.15, -0.1) is 0 Å². The highest BCUT2D eigenvalue weighted by atomic mass is 16.5. The number of alkyl carbamates (subject to hydrolysis) is 1. The topological polar surface area (TPSA) is 158 Å². The lowest BCUT2D eigenvalue weighted by Gasteiger charge is -2.16. The molecular formula is C26H32N4O7. The zero-order valence-corrected chi connectivity index (χ0v) is 20.4. The number of benzene rings is 2. The molecule has 0 unspecified atom stereocenters. The molecular weight excluding hydrogens is 480 g/mol. The van der Waals surface area contributed by atoms with E-state index in [4.69, 9.17) is 9.47 Å². The van der Waals surface area contributed by atoms with E-state index in [1.165, 1.54) is 18.2 Å². The SMILES string of the molecule is O=C(N[C@@H](CNC(=O)c1ccc(OCCNC2=CNCCCC2)cc1O)C(=O)O)OCc1ccccc1. The van der Waals surface area contributed by atoms with Crippen molar-refractivity contribution in [3.05, 3.63) is 71.6 Å². The molecule has 3 rings (SSSR count). The summed E-state index contributed by atoms with van der Waals surface area (Å²) in [6, 6.07) is 11.7. The van der Waals surface area contributed by atoms with Gasteiger partial charge in [0, 0.05) is 37.6 Å². The Hall–Kier alpha value is -4.41. The van der Waals surface area contributed by atoms with Crippen molar-refractivity contribution in [2.75, 3.05) is 26.2 Å². The van der Waals surface area contributed by atoms with E-state index in [2.05, 4.69) is 21.3 Å². The Kier molecular flexibility index (Phi) is 10.4. The molecule has 198 valence electrons. The van der Waals surface area contributed by atoms with Gasteiger partial charge in [0.2, 0.25) is 0 Å².